The number of hydrogen-bond acceptors (Lipinski definition) is 1. The van der Waals surface area contributed by atoms with E-state index < -0.39 is 0 Å². The Bertz CT molecular complexity index is 356. The quantitative estimate of drug-likeness (QED) is 0.717. The van der Waals surface area contributed by atoms with Gasteiger partial charge in [-0.25, -0.2) is 0 Å². The lowest BCUT2D eigenvalue weighted by molar-refractivity contribution is -0.686. The molecule has 2 heteroatoms. The van der Waals surface area contributed by atoms with Crippen molar-refractivity contribution in [2.45, 2.75) is 58.9 Å². The second kappa shape index (κ2) is 7.54. The first-order chi connectivity index (χ1) is 8.99. The lowest BCUT2D eigenvalue weighted by Gasteiger charge is -2.23. The van der Waals surface area contributed by atoms with Gasteiger partial charge in [-0.15, -0.1) is 0 Å². The summed E-state index contributed by atoms with van der Waals surface area (Å²) >= 11 is 0. The van der Waals surface area contributed by atoms with E-state index in [4.69, 9.17) is 4.74 Å². The summed E-state index contributed by atoms with van der Waals surface area (Å²) in [7, 11) is 0. The molecule has 0 aliphatic rings. The van der Waals surface area contributed by atoms with Gasteiger partial charge in [-0.3, -0.25) is 0 Å². The van der Waals surface area contributed by atoms with Gasteiger partial charge in [0, 0.05) is 0 Å². The molecule has 0 aliphatic carbocycles. The van der Waals surface area contributed by atoms with Crippen molar-refractivity contribution in [3.63, 3.8) is 0 Å². The number of quaternary nitrogens is 1. The molecule has 0 bridgehead atoms. The third kappa shape index (κ3) is 5.23. The SMILES string of the molecule is CC[C@H](C)[NH2+]CCOc1ccc(C(C)(C)CC)cc1. The highest BCUT2D eigenvalue weighted by Gasteiger charge is 2.17. The maximum atomic E-state index is 5.77. The van der Waals surface area contributed by atoms with Gasteiger partial charge < -0.3 is 10.1 Å². The summed E-state index contributed by atoms with van der Waals surface area (Å²) in [4.78, 5) is 0. The highest BCUT2D eigenvalue weighted by Crippen LogP contribution is 2.27. The van der Waals surface area contributed by atoms with Gasteiger partial charge >= 0.3 is 0 Å². The van der Waals surface area contributed by atoms with E-state index >= 15 is 0 Å². The minimum Gasteiger partial charge on any atom is -0.488 e. The van der Waals surface area contributed by atoms with Crippen molar-refractivity contribution in [2.75, 3.05) is 13.2 Å². The van der Waals surface area contributed by atoms with E-state index in [1.165, 1.54) is 12.0 Å². The zero-order chi connectivity index (χ0) is 14.3. The summed E-state index contributed by atoms with van der Waals surface area (Å²) in [6, 6.07) is 9.26. The molecule has 1 aromatic rings. The van der Waals surface area contributed by atoms with Gasteiger partial charge in [0.05, 0.1) is 6.04 Å². The van der Waals surface area contributed by atoms with E-state index in [0.717, 1.165) is 25.3 Å². The Morgan fingerprint density at radius 1 is 1.16 bits per heavy atom. The van der Waals surface area contributed by atoms with Crippen LogP contribution in [-0.4, -0.2) is 19.2 Å². The molecule has 2 N–H and O–H groups in total. The van der Waals surface area contributed by atoms with Crippen molar-refractivity contribution in [2.24, 2.45) is 0 Å². The van der Waals surface area contributed by atoms with Crippen molar-refractivity contribution in [1.82, 2.24) is 0 Å². The fraction of sp³-hybridized carbons (Fsp3) is 0.647. The van der Waals surface area contributed by atoms with Gasteiger partial charge in [-0.2, -0.15) is 0 Å². The highest BCUT2D eigenvalue weighted by molar-refractivity contribution is 5.31. The normalized spacial score (nSPS) is 13.3. The fourth-order valence-electron chi connectivity index (χ4n) is 1.90. The molecule has 0 aliphatic heterocycles. The van der Waals surface area contributed by atoms with Crippen LogP contribution in [0.5, 0.6) is 5.75 Å². The number of benzene rings is 1. The first-order valence-corrected chi connectivity index (χ1v) is 7.56. The molecule has 0 unspecified atom stereocenters. The minimum absolute atomic E-state index is 0.253. The standard InChI is InChI=1S/C17H29NO/c1-6-14(3)18-12-13-19-16-10-8-15(9-11-16)17(4,5)7-2/h8-11,14,18H,6-7,12-13H2,1-5H3/p+1/t14-/m0/s1. The van der Waals surface area contributed by atoms with Gasteiger partial charge in [-0.1, -0.05) is 39.8 Å². The van der Waals surface area contributed by atoms with Gasteiger partial charge in [0.1, 0.15) is 18.9 Å². The highest BCUT2D eigenvalue weighted by atomic mass is 16.5. The Hall–Kier alpha value is -1.02. The van der Waals surface area contributed by atoms with Crippen molar-refractivity contribution in [3.05, 3.63) is 29.8 Å². The number of ether oxygens (including phenoxy) is 1. The van der Waals surface area contributed by atoms with Crippen molar-refractivity contribution in [1.29, 1.82) is 0 Å². The molecular formula is C17H30NO+. The van der Waals surface area contributed by atoms with Gasteiger partial charge in [0.15, 0.2) is 0 Å². The zero-order valence-corrected chi connectivity index (χ0v) is 13.2. The van der Waals surface area contributed by atoms with E-state index in [9.17, 15) is 0 Å². The summed E-state index contributed by atoms with van der Waals surface area (Å²) in [5.41, 5.74) is 1.64. The lowest BCUT2D eigenvalue weighted by Crippen LogP contribution is -2.90. The molecule has 1 aromatic carbocycles. The Kier molecular flexibility index (Phi) is 6.36. The molecule has 0 aromatic heterocycles. The summed E-state index contributed by atoms with van der Waals surface area (Å²) in [5.74, 6) is 0.980. The van der Waals surface area contributed by atoms with Crippen LogP contribution in [0.2, 0.25) is 0 Å². The molecule has 108 valence electrons. The van der Waals surface area contributed by atoms with Crippen LogP contribution in [0.15, 0.2) is 24.3 Å². The predicted octanol–water partition coefficient (Wildman–Crippen LogP) is 3.11. The summed E-state index contributed by atoms with van der Waals surface area (Å²) in [6.07, 6.45) is 2.36. The van der Waals surface area contributed by atoms with Gasteiger partial charge in [-0.05, 0) is 42.9 Å². The molecule has 0 heterocycles. The minimum atomic E-state index is 0.253. The van der Waals surface area contributed by atoms with Crippen LogP contribution >= 0.6 is 0 Å². The molecule has 0 amide bonds. The van der Waals surface area contributed by atoms with Crippen molar-refractivity contribution < 1.29 is 10.1 Å². The first kappa shape index (κ1) is 16.0. The third-order valence-corrected chi connectivity index (χ3v) is 4.12. The van der Waals surface area contributed by atoms with Crippen molar-refractivity contribution in [3.8, 4) is 5.75 Å². The molecule has 0 saturated carbocycles. The Labute approximate surface area is 118 Å². The van der Waals surface area contributed by atoms with Crippen LogP contribution in [-0.2, 0) is 5.41 Å². The summed E-state index contributed by atoms with van der Waals surface area (Å²) in [5, 5.41) is 2.34. The smallest absolute Gasteiger partial charge is 0.137 e. The van der Waals surface area contributed by atoms with Crippen LogP contribution in [0.3, 0.4) is 0 Å². The zero-order valence-electron chi connectivity index (χ0n) is 13.2. The Morgan fingerprint density at radius 2 is 1.79 bits per heavy atom. The second-order valence-electron chi connectivity index (χ2n) is 6.02. The average Bonchev–Trinajstić information content (AvgIpc) is 2.43. The van der Waals surface area contributed by atoms with Crippen LogP contribution in [0.4, 0.5) is 0 Å². The van der Waals surface area contributed by atoms with Crippen LogP contribution in [0.25, 0.3) is 0 Å². The molecule has 0 spiro atoms. The van der Waals surface area contributed by atoms with E-state index in [2.05, 4.69) is 64.2 Å². The fourth-order valence-corrected chi connectivity index (χ4v) is 1.90. The molecule has 1 rings (SSSR count). The van der Waals surface area contributed by atoms with E-state index in [1.807, 2.05) is 0 Å². The monoisotopic (exact) mass is 264 g/mol. The van der Waals surface area contributed by atoms with E-state index in [-0.39, 0.29) is 5.41 Å². The maximum Gasteiger partial charge on any atom is 0.137 e. The molecule has 1 atom stereocenters. The Balaban J connectivity index is 2.41. The van der Waals surface area contributed by atoms with Crippen molar-refractivity contribution >= 4 is 0 Å². The largest absolute Gasteiger partial charge is 0.488 e. The number of rotatable bonds is 8. The number of hydrogen-bond donors (Lipinski definition) is 1. The third-order valence-electron chi connectivity index (χ3n) is 4.12. The number of nitrogens with two attached hydrogens (primary N) is 1. The van der Waals surface area contributed by atoms with Crippen LogP contribution in [0, 0.1) is 0 Å². The van der Waals surface area contributed by atoms with Gasteiger partial charge in [0.25, 0.3) is 0 Å². The lowest BCUT2D eigenvalue weighted by atomic mass is 9.82. The average molecular weight is 264 g/mol. The summed E-state index contributed by atoms with van der Waals surface area (Å²) < 4.78 is 5.77. The van der Waals surface area contributed by atoms with E-state index in [0.29, 0.717) is 6.04 Å². The van der Waals surface area contributed by atoms with Crippen LogP contribution in [0.1, 0.15) is 53.0 Å². The predicted molar refractivity (Wildman–Crippen MR) is 81.8 cm³/mol. The maximum absolute atomic E-state index is 5.77. The molecule has 19 heavy (non-hydrogen) atoms. The second-order valence-corrected chi connectivity index (χ2v) is 6.02. The molecule has 2 nitrogen and oxygen atoms in total. The van der Waals surface area contributed by atoms with Gasteiger partial charge in [0.2, 0.25) is 0 Å². The van der Waals surface area contributed by atoms with Crippen LogP contribution < -0.4 is 10.1 Å². The van der Waals surface area contributed by atoms with E-state index in [1.54, 1.807) is 0 Å². The topological polar surface area (TPSA) is 25.8 Å². The Morgan fingerprint density at radius 3 is 2.32 bits per heavy atom. The first-order valence-electron chi connectivity index (χ1n) is 7.56. The summed E-state index contributed by atoms with van der Waals surface area (Å²) in [6.45, 7) is 13.1. The molecule has 0 saturated heterocycles. The molecule has 0 radical (unpaired) electrons. The molecule has 0 fully saturated rings. The molecular weight excluding hydrogens is 234 g/mol.